The molecule has 1 aromatic heterocycles. The van der Waals surface area contributed by atoms with Crippen molar-refractivity contribution in [1.29, 1.82) is 5.26 Å². The molecule has 0 bridgehead atoms. The van der Waals surface area contributed by atoms with E-state index in [9.17, 15) is 0 Å². The smallest absolute Gasteiger partial charge is 0.0945 e. The molecule has 12 heavy (non-hydrogen) atoms. The van der Waals surface area contributed by atoms with Gasteiger partial charge in [-0.3, -0.25) is 4.68 Å². The molecule has 0 saturated heterocycles. The van der Waals surface area contributed by atoms with Crippen molar-refractivity contribution in [3.63, 3.8) is 0 Å². The van der Waals surface area contributed by atoms with Gasteiger partial charge in [0.2, 0.25) is 0 Å². The lowest BCUT2D eigenvalue weighted by Gasteiger charge is -2.01. The van der Waals surface area contributed by atoms with Gasteiger partial charge in [0.25, 0.3) is 0 Å². The first kappa shape index (κ1) is 9.04. The number of hydrogen-bond donors (Lipinski definition) is 1. The summed E-state index contributed by atoms with van der Waals surface area (Å²) in [6.45, 7) is 0.626. The van der Waals surface area contributed by atoms with Crippen molar-refractivity contribution in [3.05, 3.63) is 17.4 Å². The molecule has 1 heterocycles. The van der Waals surface area contributed by atoms with E-state index in [0.717, 1.165) is 0 Å². The van der Waals surface area contributed by atoms with E-state index in [1.54, 1.807) is 17.1 Å². The van der Waals surface area contributed by atoms with Crippen molar-refractivity contribution in [2.24, 2.45) is 5.73 Å². The quantitative estimate of drug-likeness (QED) is 0.755. The highest BCUT2D eigenvalue weighted by atomic mass is 35.5. The maximum absolute atomic E-state index is 8.39. The summed E-state index contributed by atoms with van der Waals surface area (Å²) in [6, 6.07) is 1.52. The fraction of sp³-hybridized carbons (Fsp3) is 0.429. The molecular weight excluding hydrogens is 176 g/mol. The van der Waals surface area contributed by atoms with Gasteiger partial charge in [-0.25, -0.2) is 0 Å². The fourth-order valence-corrected chi connectivity index (χ4v) is 0.953. The Morgan fingerprint density at radius 3 is 3.08 bits per heavy atom. The number of nitrogens with two attached hydrogens (primary N) is 1. The standard InChI is InChI=1S/C7H9ClN4/c8-6-4-11-12(5-6)2-1-7(10)3-9/h4-5,7H,1-2,10H2. The molecule has 64 valence electrons. The van der Waals surface area contributed by atoms with Gasteiger partial charge in [0.15, 0.2) is 0 Å². The molecule has 0 amide bonds. The second kappa shape index (κ2) is 4.10. The largest absolute Gasteiger partial charge is 0.316 e. The SMILES string of the molecule is N#CC(N)CCn1cc(Cl)cn1. The van der Waals surface area contributed by atoms with E-state index in [-0.39, 0.29) is 0 Å². The third kappa shape index (κ3) is 2.53. The number of halogens is 1. The van der Waals surface area contributed by atoms with Crippen LogP contribution in [-0.2, 0) is 6.54 Å². The summed E-state index contributed by atoms with van der Waals surface area (Å²) >= 11 is 5.63. The summed E-state index contributed by atoms with van der Waals surface area (Å²) in [4.78, 5) is 0. The molecule has 0 radical (unpaired) electrons. The average molecular weight is 185 g/mol. The van der Waals surface area contributed by atoms with Gasteiger partial charge in [-0.2, -0.15) is 10.4 Å². The summed E-state index contributed by atoms with van der Waals surface area (Å²) in [5.74, 6) is 0. The second-order valence-electron chi connectivity index (χ2n) is 2.45. The monoisotopic (exact) mass is 184 g/mol. The van der Waals surface area contributed by atoms with Gasteiger partial charge < -0.3 is 5.73 Å². The molecule has 0 aliphatic heterocycles. The highest BCUT2D eigenvalue weighted by Crippen LogP contribution is 2.05. The number of nitrogens with zero attached hydrogens (tertiary/aromatic N) is 3. The van der Waals surface area contributed by atoms with Gasteiger partial charge in [0.1, 0.15) is 0 Å². The summed E-state index contributed by atoms with van der Waals surface area (Å²) < 4.78 is 1.67. The molecule has 1 rings (SSSR count). The molecular formula is C7H9ClN4. The minimum atomic E-state index is -0.423. The third-order valence-electron chi connectivity index (χ3n) is 1.44. The minimum absolute atomic E-state index is 0.423. The highest BCUT2D eigenvalue weighted by Gasteiger charge is 2.00. The zero-order valence-corrected chi connectivity index (χ0v) is 7.20. The van der Waals surface area contributed by atoms with Gasteiger partial charge >= 0.3 is 0 Å². The lowest BCUT2D eigenvalue weighted by Crippen LogP contribution is -2.19. The molecule has 0 aliphatic rings. The van der Waals surface area contributed by atoms with E-state index in [2.05, 4.69) is 5.10 Å². The first-order valence-electron chi connectivity index (χ1n) is 3.55. The lowest BCUT2D eigenvalue weighted by molar-refractivity contribution is 0.554. The Morgan fingerprint density at radius 2 is 2.58 bits per heavy atom. The number of aryl methyl sites for hydroxylation is 1. The molecule has 1 unspecified atom stereocenters. The van der Waals surface area contributed by atoms with Crippen LogP contribution in [0.3, 0.4) is 0 Å². The van der Waals surface area contributed by atoms with Crippen molar-refractivity contribution in [1.82, 2.24) is 9.78 Å². The van der Waals surface area contributed by atoms with E-state index in [1.165, 1.54) is 0 Å². The van der Waals surface area contributed by atoms with Crippen LogP contribution < -0.4 is 5.73 Å². The maximum atomic E-state index is 8.39. The Balaban J connectivity index is 2.39. The summed E-state index contributed by atoms with van der Waals surface area (Å²) in [5, 5.41) is 12.9. The maximum Gasteiger partial charge on any atom is 0.0945 e. The van der Waals surface area contributed by atoms with Gasteiger partial charge in [-0.1, -0.05) is 11.6 Å². The predicted octanol–water partition coefficient (Wildman–Crippen LogP) is 0.777. The van der Waals surface area contributed by atoms with Crippen LogP contribution in [0.5, 0.6) is 0 Å². The van der Waals surface area contributed by atoms with Crippen LogP contribution in [0, 0.1) is 11.3 Å². The van der Waals surface area contributed by atoms with Crippen molar-refractivity contribution in [2.45, 2.75) is 19.0 Å². The molecule has 0 aromatic carbocycles. The number of aromatic nitrogens is 2. The van der Waals surface area contributed by atoms with Crippen LogP contribution in [-0.4, -0.2) is 15.8 Å². The zero-order chi connectivity index (χ0) is 8.97. The van der Waals surface area contributed by atoms with E-state index in [4.69, 9.17) is 22.6 Å². The molecule has 4 nitrogen and oxygen atoms in total. The normalized spacial score (nSPS) is 12.4. The first-order chi connectivity index (χ1) is 5.72. The summed E-state index contributed by atoms with van der Waals surface area (Å²) in [5.41, 5.74) is 5.39. The summed E-state index contributed by atoms with van der Waals surface area (Å²) in [7, 11) is 0. The Morgan fingerprint density at radius 1 is 1.83 bits per heavy atom. The van der Waals surface area contributed by atoms with E-state index < -0.39 is 6.04 Å². The summed E-state index contributed by atoms with van der Waals surface area (Å²) in [6.07, 6.45) is 3.85. The van der Waals surface area contributed by atoms with Gasteiger partial charge in [-0.05, 0) is 6.42 Å². The molecule has 0 saturated carbocycles. The van der Waals surface area contributed by atoms with E-state index >= 15 is 0 Å². The molecule has 0 spiro atoms. The Labute approximate surface area is 75.5 Å². The fourth-order valence-electron chi connectivity index (χ4n) is 0.797. The third-order valence-corrected chi connectivity index (χ3v) is 1.63. The Kier molecular flexibility index (Phi) is 3.09. The minimum Gasteiger partial charge on any atom is -0.316 e. The van der Waals surface area contributed by atoms with E-state index in [0.29, 0.717) is 18.0 Å². The molecule has 0 fully saturated rings. The van der Waals surface area contributed by atoms with Crippen molar-refractivity contribution >= 4 is 11.6 Å². The average Bonchev–Trinajstić information content (AvgIpc) is 2.47. The second-order valence-corrected chi connectivity index (χ2v) is 2.88. The van der Waals surface area contributed by atoms with Crippen LogP contribution in [0.2, 0.25) is 5.02 Å². The molecule has 2 N–H and O–H groups in total. The van der Waals surface area contributed by atoms with Crippen LogP contribution in [0.15, 0.2) is 12.4 Å². The van der Waals surface area contributed by atoms with E-state index in [1.807, 2.05) is 6.07 Å². The zero-order valence-electron chi connectivity index (χ0n) is 6.44. The predicted molar refractivity (Wildman–Crippen MR) is 45.4 cm³/mol. The Bertz CT molecular complexity index is 288. The van der Waals surface area contributed by atoms with Gasteiger partial charge in [0.05, 0.1) is 23.3 Å². The molecule has 1 aromatic rings. The van der Waals surface area contributed by atoms with Crippen LogP contribution in [0.4, 0.5) is 0 Å². The van der Waals surface area contributed by atoms with Crippen LogP contribution in [0.1, 0.15) is 6.42 Å². The first-order valence-corrected chi connectivity index (χ1v) is 3.93. The van der Waals surface area contributed by atoms with Crippen LogP contribution in [0.25, 0.3) is 0 Å². The topological polar surface area (TPSA) is 67.6 Å². The van der Waals surface area contributed by atoms with Crippen molar-refractivity contribution in [2.75, 3.05) is 0 Å². The molecule has 1 atom stereocenters. The number of rotatable bonds is 3. The van der Waals surface area contributed by atoms with Crippen molar-refractivity contribution in [3.8, 4) is 6.07 Å². The Hall–Kier alpha value is -1.05. The lowest BCUT2D eigenvalue weighted by atomic mass is 10.2. The number of nitriles is 1. The van der Waals surface area contributed by atoms with Gasteiger partial charge in [-0.15, -0.1) is 0 Å². The number of hydrogen-bond acceptors (Lipinski definition) is 3. The van der Waals surface area contributed by atoms with Crippen LogP contribution >= 0.6 is 11.6 Å². The highest BCUT2D eigenvalue weighted by molar-refractivity contribution is 6.30. The van der Waals surface area contributed by atoms with Gasteiger partial charge in [0, 0.05) is 12.7 Å². The molecule has 5 heteroatoms. The van der Waals surface area contributed by atoms with Crippen molar-refractivity contribution < 1.29 is 0 Å². The molecule has 0 aliphatic carbocycles.